The van der Waals surface area contributed by atoms with Crippen molar-refractivity contribution in [2.45, 2.75) is 37.6 Å². The number of carbonyl (C=O) groups is 1. The number of aromatic nitrogens is 3. The predicted octanol–water partition coefficient (Wildman–Crippen LogP) is 4.40. The van der Waals surface area contributed by atoms with E-state index in [1.54, 1.807) is 12.1 Å². The molecule has 2 aromatic heterocycles. The lowest BCUT2D eigenvalue weighted by molar-refractivity contribution is 0.100. The first kappa shape index (κ1) is 17.3. The van der Waals surface area contributed by atoms with E-state index < -0.39 is 5.91 Å². The van der Waals surface area contributed by atoms with Gasteiger partial charge in [0, 0.05) is 33.9 Å². The van der Waals surface area contributed by atoms with Gasteiger partial charge in [-0.2, -0.15) is 0 Å². The van der Waals surface area contributed by atoms with Gasteiger partial charge in [0.05, 0.1) is 16.9 Å². The monoisotopic (exact) mass is 395 g/mol. The molecule has 2 aromatic carbocycles. The molecule has 2 aliphatic carbocycles. The SMILES string of the molecule is NC(=O)c1ccc2c(c1)nc(-c1ccccc1)c1nc(NC3CC3)nc(C3CC3)c12. The van der Waals surface area contributed by atoms with Crippen molar-refractivity contribution in [3.63, 3.8) is 0 Å². The van der Waals surface area contributed by atoms with Crippen molar-refractivity contribution in [1.82, 2.24) is 15.0 Å². The Balaban J connectivity index is 1.71. The molecule has 0 saturated heterocycles. The Labute approximate surface area is 173 Å². The lowest BCUT2D eigenvalue weighted by Crippen LogP contribution is -2.11. The Bertz CT molecular complexity index is 1310. The smallest absolute Gasteiger partial charge is 0.248 e. The highest BCUT2D eigenvalue weighted by Crippen LogP contribution is 2.45. The summed E-state index contributed by atoms with van der Waals surface area (Å²) in [7, 11) is 0. The van der Waals surface area contributed by atoms with Crippen LogP contribution in [0.1, 0.15) is 47.7 Å². The minimum atomic E-state index is -0.456. The number of pyridine rings is 1. The maximum atomic E-state index is 11.8. The molecule has 30 heavy (non-hydrogen) atoms. The van der Waals surface area contributed by atoms with Gasteiger partial charge in [0.15, 0.2) is 0 Å². The molecule has 2 heterocycles. The maximum absolute atomic E-state index is 11.8. The highest BCUT2D eigenvalue weighted by Gasteiger charge is 2.31. The average Bonchev–Trinajstić information content (AvgIpc) is 3.67. The van der Waals surface area contributed by atoms with Gasteiger partial charge in [0.2, 0.25) is 11.9 Å². The van der Waals surface area contributed by atoms with Crippen LogP contribution in [0.2, 0.25) is 0 Å². The van der Waals surface area contributed by atoms with Crippen molar-refractivity contribution < 1.29 is 4.79 Å². The third kappa shape index (κ3) is 2.96. The van der Waals surface area contributed by atoms with Crippen LogP contribution in [0, 0.1) is 0 Å². The molecule has 0 aliphatic heterocycles. The Morgan fingerprint density at radius 3 is 2.47 bits per heavy atom. The van der Waals surface area contributed by atoms with Gasteiger partial charge in [0.25, 0.3) is 0 Å². The zero-order valence-electron chi connectivity index (χ0n) is 16.4. The van der Waals surface area contributed by atoms with Crippen LogP contribution in [0.15, 0.2) is 48.5 Å². The van der Waals surface area contributed by atoms with Gasteiger partial charge < -0.3 is 11.1 Å². The number of carbonyl (C=O) groups excluding carboxylic acids is 1. The topological polar surface area (TPSA) is 93.8 Å². The highest BCUT2D eigenvalue weighted by molar-refractivity contribution is 6.12. The zero-order chi connectivity index (χ0) is 20.2. The van der Waals surface area contributed by atoms with E-state index in [1.165, 1.54) is 0 Å². The lowest BCUT2D eigenvalue weighted by Gasteiger charge is -2.15. The molecule has 1 amide bonds. The quantitative estimate of drug-likeness (QED) is 0.489. The highest BCUT2D eigenvalue weighted by atomic mass is 16.1. The standard InChI is InChI=1S/C24H21N5O/c25-23(30)15-8-11-17-18(12-15)27-21(13-4-2-1-3-5-13)22-19(17)20(14-6-7-14)28-24(29-22)26-16-9-10-16/h1-5,8,11-12,14,16H,6-7,9-10H2,(H2,25,30)(H,26,28,29). The molecule has 0 atom stereocenters. The second-order valence-corrected chi connectivity index (χ2v) is 8.27. The number of rotatable bonds is 5. The van der Waals surface area contributed by atoms with Gasteiger partial charge in [-0.15, -0.1) is 0 Å². The minimum absolute atomic E-state index is 0.445. The summed E-state index contributed by atoms with van der Waals surface area (Å²) in [5.41, 5.74) is 10.5. The van der Waals surface area contributed by atoms with Crippen molar-refractivity contribution in [2.75, 3.05) is 5.32 Å². The van der Waals surface area contributed by atoms with E-state index in [-0.39, 0.29) is 0 Å². The van der Waals surface area contributed by atoms with Crippen LogP contribution in [-0.2, 0) is 0 Å². The predicted molar refractivity (Wildman–Crippen MR) is 117 cm³/mol. The molecule has 2 aliphatic rings. The average molecular weight is 395 g/mol. The summed E-state index contributed by atoms with van der Waals surface area (Å²) in [5.74, 6) is 0.682. The molecule has 0 spiro atoms. The van der Waals surface area contributed by atoms with Crippen LogP contribution in [0.25, 0.3) is 33.1 Å². The number of primary amides is 1. The Morgan fingerprint density at radius 1 is 0.967 bits per heavy atom. The summed E-state index contributed by atoms with van der Waals surface area (Å²) in [6.07, 6.45) is 4.60. The normalized spacial score (nSPS) is 16.1. The molecule has 0 unspecified atom stereocenters. The maximum Gasteiger partial charge on any atom is 0.248 e. The third-order valence-electron chi connectivity index (χ3n) is 5.87. The van der Waals surface area contributed by atoms with E-state index in [0.29, 0.717) is 23.5 Å². The first-order valence-electron chi connectivity index (χ1n) is 10.4. The number of fused-ring (bicyclic) bond motifs is 3. The third-order valence-corrected chi connectivity index (χ3v) is 5.87. The van der Waals surface area contributed by atoms with E-state index in [0.717, 1.165) is 64.4 Å². The Kier molecular flexibility index (Phi) is 3.75. The van der Waals surface area contributed by atoms with E-state index in [4.69, 9.17) is 20.7 Å². The van der Waals surface area contributed by atoms with Crippen LogP contribution in [0.5, 0.6) is 0 Å². The molecule has 2 fully saturated rings. The Hall–Kier alpha value is -3.54. The summed E-state index contributed by atoms with van der Waals surface area (Å²) < 4.78 is 0. The van der Waals surface area contributed by atoms with Gasteiger partial charge in [0.1, 0.15) is 5.52 Å². The van der Waals surface area contributed by atoms with E-state index in [2.05, 4.69) is 5.32 Å². The second kappa shape index (κ2) is 6.49. The molecule has 6 rings (SSSR count). The number of hydrogen-bond acceptors (Lipinski definition) is 5. The van der Waals surface area contributed by atoms with Gasteiger partial charge >= 0.3 is 0 Å². The van der Waals surface area contributed by atoms with Crippen molar-refractivity contribution >= 4 is 33.7 Å². The second-order valence-electron chi connectivity index (χ2n) is 8.27. The van der Waals surface area contributed by atoms with E-state index in [1.807, 2.05) is 36.4 Å². The molecule has 3 N–H and O–H groups in total. The fourth-order valence-electron chi connectivity index (χ4n) is 4.00. The van der Waals surface area contributed by atoms with Crippen LogP contribution in [0.3, 0.4) is 0 Å². The first-order chi connectivity index (χ1) is 14.7. The fraction of sp³-hybridized carbons (Fsp3) is 0.250. The summed E-state index contributed by atoms with van der Waals surface area (Å²) >= 11 is 0. The summed E-state index contributed by atoms with van der Waals surface area (Å²) in [4.78, 5) is 26.6. The van der Waals surface area contributed by atoms with Crippen LogP contribution >= 0.6 is 0 Å². The number of nitrogens with zero attached hydrogens (tertiary/aromatic N) is 3. The summed E-state index contributed by atoms with van der Waals surface area (Å²) in [6, 6.07) is 16.0. The largest absolute Gasteiger partial charge is 0.366 e. The first-order valence-corrected chi connectivity index (χ1v) is 10.4. The summed E-state index contributed by atoms with van der Waals surface area (Å²) in [6.45, 7) is 0. The van der Waals surface area contributed by atoms with Crippen molar-refractivity contribution in [3.8, 4) is 11.3 Å². The fourth-order valence-corrected chi connectivity index (χ4v) is 4.00. The number of amides is 1. The molecular formula is C24H21N5O. The molecule has 0 bridgehead atoms. The lowest BCUT2D eigenvalue weighted by atomic mass is 10.00. The van der Waals surface area contributed by atoms with Crippen LogP contribution in [-0.4, -0.2) is 26.9 Å². The molecule has 2 saturated carbocycles. The minimum Gasteiger partial charge on any atom is -0.366 e. The molecule has 4 aromatic rings. The number of benzene rings is 2. The molecule has 6 nitrogen and oxygen atoms in total. The number of nitrogens with one attached hydrogen (secondary N) is 1. The van der Waals surface area contributed by atoms with Crippen molar-refractivity contribution in [3.05, 3.63) is 59.8 Å². The van der Waals surface area contributed by atoms with Gasteiger partial charge in [-0.3, -0.25) is 4.79 Å². The van der Waals surface area contributed by atoms with Gasteiger partial charge in [-0.05, 0) is 37.8 Å². The van der Waals surface area contributed by atoms with Gasteiger partial charge in [-0.25, -0.2) is 15.0 Å². The van der Waals surface area contributed by atoms with Crippen molar-refractivity contribution in [2.24, 2.45) is 5.73 Å². The van der Waals surface area contributed by atoms with Gasteiger partial charge in [-0.1, -0.05) is 36.4 Å². The molecule has 0 radical (unpaired) electrons. The molecular weight excluding hydrogens is 374 g/mol. The molecule has 148 valence electrons. The number of anilines is 1. The summed E-state index contributed by atoms with van der Waals surface area (Å²) in [5, 5.41) is 5.48. The van der Waals surface area contributed by atoms with Crippen LogP contribution in [0.4, 0.5) is 5.95 Å². The number of hydrogen-bond donors (Lipinski definition) is 2. The Morgan fingerprint density at radius 2 is 1.77 bits per heavy atom. The van der Waals surface area contributed by atoms with Crippen LogP contribution < -0.4 is 11.1 Å². The van der Waals surface area contributed by atoms with E-state index >= 15 is 0 Å². The zero-order valence-corrected chi connectivity index (χ0v) is 16.4. The molecule has 6 heteroatoms. The number of nitrogens with two attached hydrogens (primary N) is 1. The van der Waals surface area contributed by atoms with E-state index in [9.17, 15) is 4.79 Å². The van der Waals surface area contributed by atoms with Crippen molar-refractivity contribution in [1.29, 1.82) is 0 Å².